The van der Waals surface area contributed by atoms with Crippen molar-refractivity contribution in [2.75, 3.05) is 19.8 Å². The Balaban J connectivity index is 1.77. The molecule has 1 aromatic rings. The third-order valence-electron chi connectivity index (χ3n) is 3.71. The molecule has 0 aliphatic carbocycles. The summed E-state index contributed by atoms with van der Waals surface area (Å²) in [5, 5.41) is 7.54. The number of carbonyl (C=O) groups excluding carboxylic acids is 1. The number of carbonyl (C=O) groups is 1. The van der Waals surface area contributed by atoms with Crippen LogP contribution in [0.3, 0.4) is 0 Å². The average molecular weight is 266 g/mol. The smallest absolute Gasteiger partial charge is 0.241 e. The lowest BCUT2D eigenvalue weighted by atomic mass is 10.1. The zero-order valence-electron chi connectivity index (χ0n) is 10.5. The fraction of sp³-hybridized carbons (Fsp3) is 0.615. The third-order valence-corrected chi connectivity index (χ3v) is 4.41. The Morgan fingerprint density at radius 3 is 3.17 bits per heavy atom. The molecule has 4 nitrogen and oxygen atoms in total. The number of hydrogen-bond donors (Lipinski definition) is 1. The van der Waals surface area contributed by atoms with Gasteiger partial charge in [0, 0.05) is 19.1 Å². The second-order valence-electron chi connectivity index (χ2n) is 5.07. The monoisotopic (exact) mass is 266 g/mol. The third kappa shape index (κ3) is 2.18. The van der Waals surface area contributed by atoms with Crippen molar-refractivity contribution in [3.8, 4) is 0 Å². The van der Waals surface area contributed by atoms with E-state index in [0.29, 0.717) is 5.92 Å². The van der Waals surface area contributed by atoms with Crippen molar-refractivity contribution in [2.24, 2.45) is 5.92 Å². The zero-order chi connectivity index (χ0) is 12.5. The van der Waals surface area contributed by atoms with Crippen molar-refractivity contribution in [3.63, 3.8) is 0 Å². The highest BCUT2D eigenvalue weighted by Gasteiger charge is 2.38. The van der Waals surface area contributed by atoms with Gasteiger partial charge in [0.05, 0.1) is 12.6 Å². The summed E-state index contributed by atoms with van der Waals surface area (Å²) >= 11 is 1.67. The topological polar surface area (TPSA) is 41.6 Å². The van der Waals surface area contributed by atoms with Gasteiger partial charge in [0.15, 0.2) is 0 Å². The molecule has 1 N–H and O–H groups in total. The molecular formula is C13H18N2O2S. The molecule has 0 bridgehead atoms. The Bertz CT molecular complexity index is 415. The van der Waals surface area contributed by atoms with Crippen LogP contribution in [-0.4, -0.2) is 36.6 Å². The number of nitrogens with zero attached hydrogens (tertiary/aromatic N) is 1. The summed E-state index contributed by atoms with van der Waals surface area (Å²) in [5.74, 6) is 0.695. The van der Waals surface area contributed by atoms with E-state index in [9.17, 15) is 4.79 Å². The summed E-state index contributed by atoms with van der Waals surface area (Å²) in [6, 6.07) is 2.00. The van der Waals surface area contributed by atoms with Crippen LogP contribution in [-0.2, 0) is 9.53 Å². The highest BCUT2D eigenvalue weighted by atomic mass is 32.1. The predicted molar refractivity (Wildman–Crippen MR) is 70.3 cm³/mol. The minimum absolute atomic E-state index is 0.0411. The Labute approximate surface area is 111 Å². The number of thiophene rings is 1. The van der Waals surface area contributed by atoms with E-state index in [1.165, 1.54) is 5.56 Å². The highest BCUT2D eigenvalue weighted by molar-refractivity contribution is 7.07. The van der Waals surface area contributed by atoms with Gasteiger partial charge >= 0.3 is 0 Å². The molecule has 0 saturated carbocycles. The van der Waals surface area contributed by atoms with Gasteiger partial charge in [0.1, 0.15) is 6.17 Å². The summed E-state index contributed by atoms with van der Waals surface area (Å²) in [7, 11) is 0. The van der Waals surface area contributed by atoms with Crippen LogP contribution in [0.15, 0.2) is 16.8 Å². The molecule has 2 aliphatic rings. The quantitative estimate of drug-likeness (QED) is 0.903. The van der Waals surface area contributed by atoms with Crippen molar-refractivity contribution in [3.05, 3.63) is 22.4 Å². The first-order valence-electron chi connectivity index (χ1n) is 6.42. The molecule has 1 aromatic heterocycles. The number of rotatable bonds is 3. The first-order valence-corrected chi connectivity index (χ1v) is 7.36. The van der Waals surface area contributed by atoms with E-state index in [1.54, 1.807) is 11.3 Å². The van der Waals surface area contributed by atoms with Gasteiger partial charge in [-0.15, -0.1) is 0 Å². The zero-order valence-corrected chi connectivity index (χ0v) is 11.3. The number of amides is 1. The first kappa shape index (κ1) is 12.1. The van der Waals surface area contributed by atoms with E-state index in [-0.39, 0.29) is 18.1 Å². The van der Waals surface area contributed by atoms with E-state index < -0.39 is 0 Å². The van der Waals surface area contributed by atoms with Gasteiger partial charge in [0.2, 0.25) is 5.91 Å². The largest absolute Gasteiger partial charge is 0.381 e. The number of hydrogen-bond acceptors (Lipinski definition) is 4. The molecule has 2 saturated heterocycles. The molecule has 2 fully saturated rings. The highest BCUT2D eigenvalue weighted by Crippen LogP contribution is 2.29. The fourth-order valence-corrected chi connectivity index (χ4v) is 3.36. The van der Waals surface area contributed by atoms with E-state index in [1.807, 2.05) is 11.8 Å². The normalized spacial score (nSPS) is 32.4. The van der Waals surface area contributed by atoms with Crippen LogP contribution in [0.25, 0.3) is 0 Å². The molecule has 2 aliphatic heterocycles. The molecule has 1 amide bonds. The van der Waals surface area contributed by atoms with Gasteiger partial charge in [-0.1, -0.05) is 0 Å². The SMILES string of the molecule is CC1NC(c2ccsc2)N(CC2CCOC2)C1=O. The van der Waals surface area contributed by atoms with E-state index >= 15 is 0 Å². The van der Waals surface area contributed by atoms with E-state index in [2.05, 4.69) is 22.1 Å². The average Bonchev–Trinajstić information content (AvgIpc) is 3.07. The molecule has 0 radical (unpaired) electrons. The maximum atomic E-state index is 12.2. The standard InChI is InChI=1S/C13H18N2O2S/c1-9-13(16)15(6-10-2-4-17-7-10)12(14-9)11-3-5-18-8-11/h3,5,8-10,12,14H,2,4,6-7H2,1H3. The van der Waals surface area contributed by atoms with Crippen LogP contribution in [0.5, 0.6) is 0 Å². The van der Waals surface area contributed by atoms with Crippen molar-refractivity contribution in [1.29, 1.82) is 0 Å². The molecule has 3 heterocycles. The van der Waals surface area contributed by atoms with Gasteiger partial charge in [-0.05, 0) is 35.7 Å². The van der Waals surface area contributed by atoms with Crippen molar-refractivity contribution >= 4 is 17.2 Å². The van der Waals surface area contributed by atoms with E-state index in [0.717, 1.165) is 26.2 Å². The Morgan fingerprint density at radius 2 is 2.50 bits per heavy atom. The molecule has 0 aromatic carbocycles. The van der Waals surface area contributed by atoms with Crippen molar-refractivity contribution in [1.82, 2.24) is 10.2 Å². The van der Waals surface area contributed by atoms with Crippen LogP contribution < -0.4 is 5.32 Å². The van der Waals surface area contributed by atoms with Gasteiger partial charge < -0.3 is 9.64 Å². The number of ether oxygens (including phenoxy) is 1. The van der Waals surface area contributed by atoms with Crippen LogP contribution in [0.4, 0.5) is 0 Å². The summed E-state index contributed by atoms with van der Waals surface area (Å²) in [4.78, 5) is 14.2. The maximum absolute atomic E-state index is 12.2. The Kier molecular flexibility index (Phi) is 3.37. The van der Waals surface area contributed by atoms with Gasteiger partial charge in [-0.3, -0.25) is 10.1 Å². The molecule has 0 spiro atoms. The lowest BCUT2D eigenvalue weighted by molar-refractivity contribution is -0.130. The van der Waals surface area contributed by atoms with Gasteiger partial charge in [-0.25, -0.2) is 0 Å². The molecule has 98 valence electrons. The molecule has 3 atom stereocenters. The minimum Gasteiger partial charge on any atom is -0.381 e. The van der Waals surface area contributed by atoms with Crippen LogP contribution in [0.2, 0.25) is 0 Å². The first-order chi connectivity index (χ1) is 8.75. The fourth-order valence-electron chi connectivity index (χ4n) is 2.68. The number of nitrogens with one attached hydrogen (secondary N) is 1. The lowest BCUT2D eigenvalue weighted by Crippen LogP contribution is -2.35. The maximum Gasteiger partial charge on any atom is 0.241 e. The Morgan fingerprint density at radius 1 is 1.61 bits per heavy atom. The second-order valence-corrected chi connectivity index (χ2v) is 5.85. The molecule has 3 rings (SSSR count). The molecule has 18 heavy (non-hydrogen) atoms. The molecule has 5 heteroatoms. The van der Waals surface area contributed by atoms with E-state index in [4.69, 9.17) is 4.74 Å². The lowest BCUT2D eigenvalue weighted by Gasteiger charge is -2.26. The Hall–Kier alpha value is -0.910. The molecular weight excluding hydrogens is 248 g/mol. The summed E-state index contributed by atoms with van der Waals surface area (Å²) in [6.07, 6.45) is 1.11. The molecule has 3 unspecified atom stereocenters. The van der Waals surface area contributed by atoms with Crippen LogP contribution in [0.1, 0.15) is 25.1 Å². The summed E-state index contributed by atoms with van der Waals surface area (Å²) in [6.45, 7) is 4.36. The van der Waals surface area contributed by atoms with Crippen LogP contribution in [0, 0.1) is 5.92 Å². The van der Waals surface area contributed by atoms with Crippen molar-refractivity contribution in [2.45, 2.75) is 25.6 Å². The van der Waals surface area contributed by atoms with Crippen molar-refractivity contribution < 1.29 is 9.53 Å². The summed E-state index contributed by atoms with van der Waals surface area (Å²) < 4.78 is 5.40. The summed E-state index contributed by atoms with van der Waals surface area (Å²) in [5.41, 5.74) is 1.19. The second kappa shape index (κ2) is 4.99. The van der Waals surface area contributed by atoms with Crippen LogP contribution >= 0.6 is 11.3 Å². The minimum atomic E-state index is -0.0859. The van der Waals surface area contributed by atoms with Gasteiger partial charge in [-0.2, -0.15) is 11.3 Å². The predicted octanol–water partition coefficient (Wildman–Crippen LogP) is 1.60. The van der Waals surface area contributed by atoms with Gasteiger partial charge in [0.25, 0.3) is 0 Å².